The van der Waals surface area contributed by atoms with Gasteiger partial charge in [0.15, 0.2) is 0 Å². The molecule has 0 aliphatic carbocycles. The molecule has 1 aliphatic rings. The van der Waals surface area contributed by atoms with Crippen LogP contribution in [-0.4, -0.2) is 18.6 Å². The predicted molar refractivity (Wildman–Crippen MR) is 66.9 cm³/mol. The number of carbonyl (C=O) groups is 1. The van der Waals surface area contributed by atoms with E-state index in [1.807, 2.05) is 6.07 Å². The molecule has 0 spiro atoms. The standard InChI is InChI=1S/C13H12ClFN2O2/c14-10-5-8(6-16)4-9(12(10)15)7-19-13(18)11-2-1-3-17-11/h4-5,11,17H,1-3,7H2. The Kier molecular flexibility index (Phi) is 4.35. The Morgan fingerprint density at radius 3 is 3.05 bits per heavy atom. The summed E-state index contributed by atoms with van der Waals surface area (Å²) in [7, 11) is 0. The molecule has 6 heteroatoms. The number of hydrogen-bond donors (Lipinski definition) is 1. The fourth-order valence-electron chi connectivity index (χ4n) is 1.95. The van der Waals surface area contributed by atoms with Crippen LogP contribution in [-0.2, 0) is 16.1 Å². The molecular weight excluding hydrogens is 271 g/mol. The van der Waals surface area contributed by atoms with E-state index in [1.165, 1.54) is 12.1 Å². The summed E-state index contributed by atoms with van der Waals surface area (Å²) in [4.78, 5) is 11.7. The van der Waals surface area contributed by atoms with Crippen molar-refractivity contribution in [1.29, 1.82) is 5.26 Å². The van der Waals surface area contributed by atoms with Crippen LogP contribution in [0.5, 0.6) is 0 Å². The smallest absolute Gasteiger partial charge is 0.323 e. The van der Waals surface area contributed by atoms with Crippen LogP contribution >= 0.6 is 11.6 Å². The molecule has 100 valence electrons. The van der Waals surface area contributed by atoms with Gasteiger partial charge in [-0.2, -0.15) is 5.26 Å². The highest BCUT2D eigenvalue weighted by Crippen LogP contribution is 2.21. The van der Waals surface area contributed by atoms with Crippen LogP contribution in [0.1, 0.15) is 24.0 Å². The van der Waals surface area contributed by atoms with E-state index in [2.05, 4.69) is 5.32 Å². The molecule has 1 unspecified atom stereocenters. The number of nitrogens with zero attached hydrogens (tertiary/aromatic N) is 1. The van der Waals surface area contributed by atoms with E-state index in [4.69, 9.17) is 21.6 Å². The highest BCUT2D eigenvalue weighted by molar-refractivity contribution is 6.30. The molecule has 2 rings (SSSR count). The molecule has 0 saturated carbocycles. The van der Waals surface area contributed by atoms with Crippen LogP contribution < -0.4 is 5.32 Å². The predicted octanol–water partition coefficient (Wildman–Crippen LogP) is 2.15. The Balaban J connectivity index is 2.05. The summed E-state index contributed by atoms with van der Waals surface area (Å²) in [5, 5.41) is 11.6. The summed E-state index contributed by atoms with van der Waals surface area (Å²) >= 11 is 5.66. The van der Waals surface area contributed by atoms with Crippen molar-refractivity contribution in [1.82, 2.24) is 5.32 Å². The Morgan fingerprint density at radius 2 is 2.42 bits per heavy atom. The van der Waals surface area contributed by atoms with Gasteiger partial charge in [0, 0.05) is 5.56 Å². The van der Waals surface area contributed by atoms with Crippen molar-refractivity contribution >= 4 is 17.6 Å². The van der Waals surface area contributed by atoms with E-state index in [0.717, 1.165) is 19.4 Å². The summed E-state index contributed by atoms with van der Waals surface area (Å²) < 4.78 is 18.7. The van der Waals surface area contributed by atoms with Crippen molar-refractivity contribution < 1.29 is 13.9 Å². The fraction of sp³-hybridized carbons (Fsp3) is 0.385. The number of benzene rings is 1. The van der Waals surface area contributed by atoms with Crippen molar-refractivity contribution in [2.24, 2.45) is 0 Å². The zero-order valence-electron chi connectivity index (χ0n) is 10.1. The molecular formula is C13H12ClFN2O2. The molecule has 1 fully saturated rings. The second-order valence-electron chi connectivity index (χ2n) is 4.30. The number of nitrogens with one attached hydrogen (secondary N) is 1. The monoisotopic (exact) mass is 282 g/mol. The van der Waals surface area contributed by atoms with Gasteiger partial charge in [0.05, 0.1) is 16.7 Å². The molecule has 1 aromatic rings. The van der Waals surface area contributed by atoms with Crippen LogP contribution in [0.4, 0.5) is 4.39 Å². The van der Waals surface area contributed by atoms with Crippen molar-refractivity contribution in [3.63, 3.8) is 0 Å². The summed E-state index contributed by atoms with van der Waals surface area (Å²) in [5.41, 5.74) is 0.340. The zero-order chi connectivity index (χ0) is 13.8. The molecule has 1 aromatic carbocycles. The average molecular weight is 283 g/mol. The highest BCUT2D eigenvalue weighted by atomic mass is 35.5. The Bertz CT molecular complexity index is 536. The minimum atomic E-state index is -0.659. The summed E-state index contributed by atoms with van der Waals surface area (Å²) in [6, 6.07) is 4.12. The molecule has 0 aromatic heterocycles. The van der Waals surface area contributed by atoms with Gasteiger partial charge in [-0.05, 0) is 31.5 Å². The Labute approximate surface area is 115 Å². The highest BCUT2D eigenvalue weighted by Gasteiger charge is 2.23. The first-order chi connectivity index (χ1) is 9.11. The maximum atomic E-state index is 13.7. The summed E-state index contributed by atoms with van der Waals surface area (Å²) in [6.07, 6.45) is 1.64. The van der Waals surface area contributed by atoms with Crippen LogP contribution in [0, 0.1) is 17.1 Å². The first kappa shape index (κ1) is 13.8. The van der Waals surface area contributed by atoms with E-state index < -0.39 is 11.8 Å². The van der Waals surface area contributed by atoms with E-state index in [0.29, 0.717) is 0 Å². The lowest BCUT2D eigenvalue weighted by Gasteiger charge is -2.11. The molecule has 1 atom stereocenters. The van der Waals surface area contributed by atoms with E-state index in [1.54, 1.807) is 0 Å². The number of esters is 1. The minimum Gasteiger partial charge on any atom is -0.460 e. The molecule has 19 heavy (non-hydrogen) atoms. The molecule has 0 amide bonds. The zero-order valence-corrected chi connectivity index (χ0v) is 10.8. The van der Waals surface area contributed by atoms with Crippen LogP contribution in [0.3, 0.4) is 0 Å². The lowest BCUT2D eigenvalue weighted by molar-refractivity contribution is -0.147. The van der Waals surface area contributed by atoms with Gasteiger partial charge in [-0.1, -0.05) is 11.6 Å². The van der Waals surface area contributed by atoms with Gasteiger partial charge in [0.1, 0.15) is 18.5 Å². The van der Waals surface area contributed by atoms with Gasteiger partial charge in [-0.15, -0.1) is 0 Å². The lowest BCUT2D eigenvalue weighted by atomic mass is 10.1. The molecule has 1 aliphatic heterocycles. The Morgan fingerprint density at radius 1 is 1.63 bits per heavy atom. The maximum Gasteiger partial charge on any atom is 0.323 e. The molecule has 0 bridgehead atoms. The van der Waals surface area contributed by atoms with Crippen molar-refractivity contribution in [3.05, 3.63) is 34.1 Å². The molecule has 1 N–H and O–H groups in total. The van der Waals surface area contributed by atoms with Crippen molar-refractivity contribution in [3.8, 4) is 6.07 Å². The first-order valence-corrected chi connectivity index (χ1v) is 6.27. The topological polar surface area (TPSA) is 62.1 Å². The molecule has 1 heterocycles. The van der Waals surface area contributed by atoms with E-state index in [9.17, 15) is 9.18 Å². The second-order valence-corrected chi connectivity index (χ2v) is 4.71. The number of hydrogen-bond acceptors (Lipinski definition) is 4. The molecule has 0 radical (unpaired) electrons. The minimum absolute atomic E-state index is 0.107. The second kappa shape index (κ2) is 6.00. The largest absolute Gasteiger partial charge is 0.460 e. The van der Waals surface area contributed by atoms with Crippen LogP contribution in [0.15, 0.2) is 12.1 Å². The fourth-order valence-corrected chi connectivity index (χ4v) is 2.19. The van der Waals surface area contributed by atoms with Gasteiger partial charge in [0.25, 0.3) is 0 Å². The van der Waals surface area contributed by atoms with Gasteiger partial charge < -0.3 is 10.1 Å². The average Bonchev–Trinajstić information content (AvgIpc) is 2.94. The number of ether oxygens (including phenoxy) is 1. The third-order valence-electron chi connectivity index (χ3n) is 2.95. The number of nitriles is 1. The van der Waals surface area contributed by atoms with Crippen LogP contribution in [0.2, 0.25) is 5.02 Å². The van der Waals surface area contributed by atoms with Gasteiger partial charge in [-0.25, -0.2) is 4.39 Å². The quantitative estimate of drug-likeness (QED) is 0.863. The lowest BCUT2D eigenvalue weighted by Crippen LogP contribution is -2.32. The van der Waals surface area contributed by atoms with Crippen molar-refractivity contribution in [2.45, 2.75) is 25.5 Å². The molecule has 4 nitrogen and oxygen atoms in total. The van der Waals surface area contributed by atoms with Gasteiger partial charge >= 0.3 is 5.97 Å². The normalized spacial score (nSPS) is 18.1. The summed E-state index contributed by atoms with van der Waals surface area (Å²) in [5.74, 6) is -1.07. The van der Waals surface area contributed by atoms with E-state index in [-0.39, 0.29) is 28.8 Å². The van der Waals surface area contributed by atoms with Gasteiger partial charge in [-0.3, -0.25) is 4.79 Å². The summed E-state index contributed by atoms with van der Waals surface area (Å²) in [6.45, 7) is 0.558. The van der Waals surface area contributed by atoms with Crippen molar-refractivity contribution in [2.75, 3.05) is 6.54 Å². The number of carbonyl (C=O) groups excluding carboxylic acids is 1. The van der Waals surface area contributed by atoms with Gasteiger partial charge in [0.2, 0.25) is 0 Å². The third kappa shape index (κ3) is 3.22. The SMILES string of the molecule is N#Cc1cc(Cl)c(F)c(COC(=O)C2CCCN2)c1. The number of rotatable bonds is 3. The number of halogens is 2. The molecule has 1 saturated heterocycles. The van der Waals surface area contributed by atoms with E-state index >= 15 is 0 Å². The third-order valence-corrected chi connectivity index (χ3v) is 3.22. The van der Waals surface area contributed by atoms with Crippen LogP contribution in [0.25, 0.3) is 0 Å². The Hall–Kier alpha value is -1.64. The first-order valence-electron chi connectivity index (χ1n) is 5.90. The maximum absolute atomic E-state index is 13.7.